The van der Waals surface area contributed by atoms with Crippen molar-refractivity contribution in [2.45, 2.75) is 13.8 Å². The quantitative estimate of drug-likeness (QED) is 0.373. The molecule has 1 aromatic carbocycles. The number of carbonyl (C=O) groups excluding carboxylic acids is 1. The summed E-state index contributed by atoms with van der Waals surface area (Å²) in [5.74, 6) is 2.50. The Bertz CT molecular complexity index is 1040. The lowest BCUT2D eigenvalue weighted by atomic mass is 10.2. The molecule has 154 valence electrons. The van der Waals surface area contributed by atoms with Crippen molar-refractivity contribution >= 4 is 41.0 Å². The SMILES string of the molecule is Cc1ccnc(Nc2cc(NCCNC(=O)/C=C/c3ccc(Cl)cc3)nc(C)n2)c1. The number of carbonyl (C=O) groups is 1. The largest absolute Gasteiger partial charge is 0.368 e. The van der Waals surface area contributed by atoms with Crippen molar-refractivity contribution in [1.29, 1.82) is 0 Å². The molecule has 3 rings (SSSR count). The molecule has 0 fully saturated rings. The Balaban J connectivity index is 1.48. The number of rotatable bonds is 8. The first-order chi connectivity index (χ1) is 14.5. The van der Waals surface area contributed by atoms with Crippen molar-refractivity contribution in [1.82, 2.24) is 20.3 Å². The van der Waals surface area contributed by atoms with Crippen molar-refractivity contribution < 1.29 is 4.79 Å². The van der Waals surface area contributed by atoms with Gasteiger partial charge < -0.3 is 16.0 Å². The van der Waals surface area contributed by atoms with E-state index in [2.05, 4.69) is 30.9 Å². The van der Waals surface area contributed by atoms with Gasteiger partial charge in [-0.05, 0) is 55.3 Å². The summed E-state index contributed by atoms with van der Waals surface area (Å²) in [5.41, 5.74) is 2.02. The van der Waals surface area contributed by atoms with Crippen LogP contribution in [-0.4, -0.2) is 33.9 Å². The molecule has 0 saturated carbocycles. The second-order valence-electron chi connectivity index (χ2n) is 6.63. The first kappa shape index (κ1) is 21.3. The zero-order chi connectivity index (χ0) is 21.3. The standard InChI is InChI=1S/C22H23ClN6O/c1-15-9-10-24-19(13-15)29-21-14-20(27-16(2)28-21)25-11-12-26-22(30)8-5-17-3-6-18(23)7-4-17/h3-10,13-14H,11-12H2,1-2H3,(H,26,30)(H2,24,25,27,28,29)/b8-5+. The highest BCUT2D eigenvalue weighted by Gasteiger charge is 2.04. The normalized spacial score (nSPS) is 10.8. The molecule has 0 unspecified atom stereocenters. The molecular weight excluding hydrogens is 400 g/mol. The number of hydrogen-bond acceptors (Lipinski definition) is 6. The molecule has 8 heteroatoms. The van der Waals surface area contributed by atoms with Gasteiger partial charge in [0.15, 0.2) is 0 Å². The molecule has 0 spiro atoms. The zero-order valence-electron chi connectivity index (χ0n) is 16.8. The van der Waals surface area contributed by atoms with E-state index in [1.165, 1.54) is 6.08 Å². The van der Waals surface area contributed by atoms with Gasteiger partial charge in [-0.1, -0.05) is 23.7 Å². The van der Waals surface area contributed by atoms with E-state index in [9.17, 15) is 4.79 Å². The molecule has 7 nitrogen and oxygen atoms in total. The minimum atomic E-state index is -0.168. The van der Waals surface area contributed by atoms with Gasteiger partial charge in [-0.2, -0.15) is 0 Å². The summed E-state index contributed by atoms with van der Waals surface area (Å²) < 4.78 is 0. The summed E-state index contributed by atoms with van der Waals surface area (Å²) in [6.45, 7) is 4.81. The van der Waals surface area contributed by atoms with Crippen molar-refractivity contribution in [2.75, 3.05) is 23.7 Å². The number of nitrogens with zero attached hydrogens (tertiary/aromatic N) is 3. The van der Waals surface area contributed by atoms with Crippen LogP contribution in [-0.2, 0) is 4.79 Å². The van der Waals surface area contributed by atoms with Gasteiger partial charge in [0.05, 0.1) is 0 Å². The number of aromatic nitrogens is 3. The number of hydrogen-bond donors (Lipinski definition) is 3. The molecule has 2 heterocycles. The third-order valence-corrected chi connectivity index (χ3v) is 4.29. The topological polar surface area (TPSA) is 91.8 Å². The first-order valence-corrected chi connectivity index (χ1v) is 9.86. The van der Waals surface area contributed by atoms with Gasteiger partial charge >= 0.3 is 0 Å². The summed E-state index contributed by atoms with van der Waals surface area (Å²) in [6.07, 6.45) is 4.98. The second kappa shape index (κ2) is 10.4. The summed E-state index contributed by atoms with van der Waals surface area (Å²) in [7, 11) is 0. The second-order valence-corrected chi connectivity index (χ2v) is 7.07. The maximum absolute atomic E-state index is 11.9. The fraction of sp³-hybridized carbons (Fsp3) is 0.182. The molecule has 0 atom stereocenters. The highest BCUT2D eigenvalue weighted by Crippen LogP contribution is 2.16. The van der Waals surface area contributed by atoms with Crippen molar-refractivity contribution in [3.63, 3.8) is 0 Å². The van der Waals surface area contributed by atoms with Crippen molar-refractivity contribution in [3.05, 3.63) is 76.7 Å². The highest BCUT2D eigenvalue weighted by molar-refractivity contribution is 6.30. The Labute approximate surface area is 180 Å². The van der Waals surface area contributed by atoms with E-state index in [4.69, 9.17) is 11.6 Å². The van der Waals surface area contributed by atoms with Crippen LogP contribution in [0.25, 0.3) is 6.08 Å². The van der Waals surface area contributed by atoms with Gasteiger partial charge in [-0.15, -0.1) is 0 Å². The van der Waals surface area contributed by atoms with Crippen LogP contribution < -0.4 is 16.0 Å². The maximum Gasteiger partial charge on any atom is 0.244 e. The highest BCUT2D eigenvalue weighted by atomic mass is 35.5. The zero-order valence-corrected chi connectivity index (χ0v) is 17.6. The number of pyridine rings is 1. The molecule has 3 N–H and O–H groups in total. The fourth-order valence-corrected chi connectivity index (χ4v) is 2.77. The van der Waals surface area contributed by atoms with E-state index >= 15 is 0 Å². The molecule has 0 saturated heterocycles. The summed E-state index contributed by atoms with van der Waals surface area (Å²) in [5, 5.41) is 9.86. The Kier molecular flexibility index (Phi) is 7.34. The smallest absolute Gasteiger partial charge is 0.244 e. The van der Waals surface area contributed by atoms with E-state index in [1.807, 2.05) is 38.1 Å². The lowest BCUT2D eigenvalue weighted by Gasteiger charge is -2.10. The van der Waals surface area contributed by atoms with E-state index in [-0.39, 0.29) is 5.91 Å². The Morgan fingerprint density at radius 1 is 1.00 bits per heavy atom. The molecule has 0 aliphatic carbocycles. The summed E-state index contributed by atoms with van der Waals surface area (Å²) >= 11 is 5.85. The van der Waals surface area contributed by atoms with Crippen LogP contribution in [0.5, 0.6) is 0 Å². The van der Waals surface area contributed by atoms with Crippen LogP contribution in [0.15, 0.2) is 54.7 Å². The van der Waals surface area contributed by atoms with Crippen molar-refractivity contribution in [3.8, 4) is 0 Å². The molecular formula is C22H23ClN6O. The molecule has 30 heavy (non-hydrogen) atoms. The third kappa shape index (κ3) is 6.86. The van der Waals surface area contributed by atoms with Gasteiger partial charge in [0.1, 0.15) is 23.3 Å². The number of amides is 1. The van der Waals surface area contributed by atoms with Gasteiger partial charge in [0.25, 0.3) is 0 Å². The molecule has 1 amide bonds. The average molecular weight is 423 g/mol. The van der Waals surface area contributed by atoms with Crippen LogP contribution in [0.2, 0.25) is 5.02 Å². The predicted molar refractivity (Wildman–Crippen MR) is 121 cm³/mol. The number of anilines is 3. The van der Waals surface area contributed by atoms with E-state index < -0.39 is 0 Å². The maximum atomic E-state index is 11.9. The minimum Gasteiger partial charge on any atom is -0.368 e. The van der Waals surface area contributed by atoms with Gasteiger partial charge in [-0.3, -0.25) is 4.79 Å². The Morgan fingerprint density at radius 2 is 1.77 bits per heavy atom. The molecule has 2 aromatic heterocycles. The average Bonchev–Trinajstić information content (AvgIpc) is 2.70. The number of nitrogens with one attached hydrogen (secondary N) is 3. The Hall–Kier alpha value is -3.45. The monoisotopic (exact) mass is 422 g/mol. The van der Waals surface area contributed by atoms with E-state index in [1.54, 1.807) is 30.5 Å². The summed E-state index contributed by atoms with van der Waals surface area (Å²) in [4.78, 5) is 25.0. The summed E-state index contributed by atoms with van der Waals surface area (Å²) in [6, 6.07) is 12.9. The lowest BCUT2D eigenvalue weighted by Crippen LogP contribution is -2.27. The molecule has 0 aliphatic rings. The fourth-order valence-electron chi connectivity index (χ4n) is 2.64. The van der Waals surface area contributed by atoms with Gasteiger partial charge in [0.2, 0.25) is 5.91 Å². The molecule has 0 bridgehead atoms. The van der Waals surface area contributed by atoms with Crippen molar-refractivity contribution in [2.24, 2.45) is 0 Å². The van der Waals surface area contributed by atoms with Crippen LogP contribution >= 0.6 is 11.6 Å². The van der Waals surface area contributed by atoms with Crippen LogP contribution in [0.4, 0.5) is 17.5 Å². The first-order valence-electron chi connectivity index (χ1n) is 9.49. The molecule has 3 aromatic rings. The predicted octanol–water partition coefficient (Wildman–Crippen LogP) is 4.13. The van der Waals surface area contributed by atoms with Crippen LogP contribution in [0.1, 0.15) is 17.0 Å². The third-order valence-electron chi connectivity index (χ3n) is 4.04. The number of aryl methyl sites for hydroxylation is 2. The Morgan fingerprint density at radius 3 is 2.53 bits per heavy atom. The minimum absolute atomic E-state index is 0.168. The van der Waals surface area contributed by atoms with E-state index in [0.717, 1.165) is 16.9 Å². The lowest BCUT2D eigenvalue weighted by molar-refractivity contribution is -0.116. The van der Waals surface area contributed by atoms with Crippen LogP contribution in [0.3, 0.4) is 0 Å². The van der Waals surface area contributed by atoms with Gasteiger partial charge in [0, 0.05) is 36.5 Å². The molecule has 0 aliphatic heterocycles. The number of benzene rings is 1. The van der Waals surface area contributed by atoms with Gasteiger partial charge in [-0.25, -0.2) is 15.0 Å². The van der Waals surface area contributed by atoms with E-state index in [0.29, 0.717) is 35.6 Å². The molecule has 0 radical (unpaired) electrons. The van der Waals surface area contributed by atoms with Crippen LogP contribution in [0, 0.1) is 13.8 Å². The number of halogens is 1.